The van der Waals surface area contributed by atoms with Crippen molar-refractivity contribution in [1.29, 1.82) is 0 Å². The van der Waals surface area contributed by atoms with Gasteiger partial charge in [-0.1, -0.05) is 11.6 Å². The number of rotatable bonds is 1. The van der Waals surface area contributed by atoms with E-state index in [0.717, 1.165) is 0 Å². The molecule has 3 N–H and O–H groups in total. The molecule has 1 heterocycles. The maximum Gasteiger partial charge on any atom is 0.509 e. The molecule has 0 bridgehead atoms. The number of H-pyrrole nitrogens is 1. The first-order chi connectivity index (χ1) is 4.22. The molecule has 0 fully saturated rings. The highest BCUT2D eigenvalue weighted by Crippen LogP contribution is 1.98. The van der Waals surface area contributed by atoms with Crippen LogP contribution in [0.5, 0.6) is 0 Å². The zero-order valence-corrected chi connectivity index (χ0v) is 5.13. The van der Waals surface area contributed by atoms with Gasteiger partial charge in [0.25, 0.3) is 0 Å². The van der Waals surface area contributed by atoms with Crippen LogP contribution in [0, 0.1) is 0 Å². The van der Waals surface area contributed by atoms with Gasteiger partial charge in [-0.15, -0.1) is 0 Å². The predicted molar refractivity (Wildman–Crippen MR) is 33.4 cm³/mol. The molecule has 0 spiro atoms. The maximum atomic E-state index is 8.49. The minimum atomic E-state index is -1.57. The summed E-state index contributed by atoms with van der Waals surface area (Å²) in [4.78, 5) is 0. The summed E-state index contributed by atoms with van der Waals surface area (Å²) in [6.45, 7) is 0. The predicted octanol–water partition coefficient (Wildman–Crippen LogP) is -1.26. The first kappa shape index (κ1) is 6.60. The third kappa shape index (κ3) is 1.24. The highest BCUT2D eigenvalue weighted by atomic mass is 35.5. The van der Waals surface area contributed by atoms with E-state index in [9.17, 15) is 0 Å². The van der Waals surface area contributed by atoms with Crippen molar-refractivity contribution in [3.63, 3.8) is 0 Å². The van der Waals surface area contributed by atoms with E-state index in [2.05, 4.69) is 10.2 Å². The van der Waals surface area contributed by atoms with Gasteiger partial charge in [0.15, 0.2) is 0 Å². The van der Waals surface area contributed by atoms with Crippen molar-refractivity contribution in [3.8, 4) is 0 Å². The molecule has 9 heavy (non-hydrogen) atoms. The van der Waals surface area contributed by atoms with E-state index >= 15 is 0 Å². The van der Waals surface area contributed by atoms with Gasteiger partial charge in [-0.2, -0.15) is 5.10 Å². The summed E-state index contributed by atoms with van der Waals surface area (Å²) < 4.78 is 0. The van der Waals surface area contributed by atoms with Crippen LogP contribution in [-0.4, -0.2) is 27.4 Å². The van der Waals surface area contributed by atoms with Gasteiger partial charge in [0.05, 0.1) is 16.8 Å². The molecule has 1 aromatic heterocycles. The lowest BCUT2D eigenvalue weighted by atomic mass is 9.87. The summed E-state index contributed by atoms with van der Waals surface area (Å²) in [5.74, 6) is 0. The molecule has 0 aromatic carbocycles. The van der Waals surface area contributed by atoms with Crippen molar-refractivity contribution in [1.82, 2.24) is 10.2 Å². The molecule has 0 aliphatic heterocycles. The average Bonchev–Trinajstić information content (AvgIpc) is 2.13. The Morgan fingerprint density at radius 1 is 1.67 bits per heavy atom. The third-order valence-electron chi connectivity index (χ3n) is 0.878. The number of hydrogen-bond acceptors (Lipinski definition) is 3. The first-order valence-electron chi connectivity index (χ1n) is 2.26. The second-order valence-electron chi connectivity index (χ2n) is 1.51. The molecule has 0 unspecified atom stereocenters. The Morgan fingerprint density at radius 2 is 2.33 bits per heavy atom. The van der Waals surface area contributed by atoms with Crippen molar-refractivity contribution in [2.24, 2.45) is 0 Å². The summed E-state index contributed by atoms with van der Waals surface area (Å²) in [5, 5.41) is 23.0. The van der Waals surface area contributed by atoms with Crippen molar-refractivity contribution >= 4 is 24.3 Å². The Bertz CT molecular complexity index is 201. The Morgan fingerprint density at radius 3 is 2.56 bits per heavy atom. The zero-order chi connectivity index (χ0) is 6.85. The van der Waals surface area contributed by atoms with Gasteiger partial charge in [0, 0.05) is 0 Å². The lowest BCUT2D eigenvalue weighted by Crippen LogP contribution is -2.31. The van der Waals surface area contributed by atoms with E-state index in [1.54, 1.807) is 0 Å². The molecule has 1 aromatic rings. The van der Waals surface area contributed by atoms with Gasteiger partial charge in [-0.05, 0) is 0 Å². The van der Waals surface area contributed by atoms with Crippen molar-refractivity contribution in [2.45, 2.75) is 0 Å². The number of hydrogen-bond donors (Lipinski definition) is 3. The molecule has 0 aliphatic carbocycles. The fourth-order valence-corrected chi connectivity index (χ4v) is 0.651. The number of nitrogens with zero attached hydrogens (tertiary/aromatic N) is 1. The van der Waals surface area contributed by atoms with Crippen LogP contribution in [-0.2, 0) is 0 Å². The van der Waals surface area contributed by atoms with Crippen LogP contribution in [0.4, 0.5) is 0 Å². The minimum Gasteiger partial charge on any atom is -0.422 e. The summed E-state index contributed by atoms with van der Waals surface area (Å²) in [6.07, 6.45) is 1.30. The van der Waals surface area contributed by atoms with Crippen LogP contribution in [0.25, 0.3) is 0 Å². The average molecular weight is 146 g/mol. The van der Waals surface area contributed by atoms with E-state index in [1.807, 2.05) is 0 Å². The molecule has 6 heteroatoms. The number of aromatic amines is 1. The number of halogens is 1. The number of aromatic nitrogens is 2. The van der Waals surface area contributed by atoms with Gasteiger partial charge in [-0.3, -0.25) is 5.10 Å². The second-order valence-corrected chi connectivity index (χ2v) is 1.91. The topological polar surface area (TPSA) is 69.1 Å². The summed E-state index contributed by atoms with van der Waals surface area (Å²) in [7, 11) is -1.57. The molecule has 0 aliphatic rings. The smallest absolute Gasteiger partial charge is 0.422 e. The monoisotopic (exact) mass is 146 g/mol. The quantitative estimate of drug-likeness (QED) is 0.433. The standard InChI is InChI=1S/C3H4BClN2O2/c5-2-1-6-7-3(2)4(8)9/h1,8-9H,(H,6,7). The third-order valence-corrected chi connectivity index (χ3v) is 1.18. The lowest BCUT2D eigenvalue weighted by Gasteiger charge is -1.90. The molecule has 4 nitrogen and oxygen atoms in total. The highest BCUT2D eigenvalue weighted by molar-refractivity contribution is 6.61. The van der Waals surface area contributed by atoms with Crippen LogP contribution in [0.2, 0.25) is 5.02 Å². The van der Waals surface area contributed by atoms with Crippen LogP contribution in [0.1, 0.15) is 0 Å². The van der Waals surface area contributed by atoms with Crippen LogP contribution in [0.15, 0.2) is 6.20 Å². The number of nitrogens with one attached hydrogen (secondary N) is 1. The van der Waals surface area contributed by atoms with Crippen LogP contribution < -0.4 is 5.59 Å². The largest absolute Gasteiger partial charge is 0.509 e. The molecular weight excluding hydrogens is 142 g/mol. The van der Waals surface area contributed by atoms with Crippen molar-refractivity contribution < 1.29 is 10.0 Å². The molecule has 0 saturated carbocycles. The fourth-order valence-electron chi connectivity index (χ4n) is 0.463. The van der Waals surface area contributed by atoms with E-state index < -0.39 is 7.12 Å². The van der Waals surface area contributed by atoms with Gasteiger partial charge < -0.3 is 10.0 Å². The van der Waals surface area contributed by atoms with Gasteiger partial charge in [0.1, 0.15) is 0 Å². The van der Waals surface area contributed by atoms with E-state index in [0.29, 0.717) is 0 Å². The lowest BCUT2D eigenvalue weighted by molar-refractivity contribution is 0.424. The Labute approximate surface area is 56.6 Å². The molecule has 48 valence electrons. The fraction of sp³-hybridized carbons (Fsp3) is 0. The molecule has 0 amide bonds. The van der Waals surface area contributed by atoms with E-state index in [-0.39, 0.29) is 10.6 Å². The Kier molecular flexibility index (Phi) is 1.75. The van der Waals surface area contributed by atoms with E-state index in [4.69, 9.17) is 21.6 Å². The van der Waals surface area contributed by atoms with Gasteiger partial charge >= 0.3 is 7.12 Å². The van der Waals surface area contributed by atoms with Crippen molar-refractivity contribution in [3.05, 3.63) is 11.2 Å². The minimum absolute atomic E-state index is 0.122. The molecule has 1 rings (SSSR count). The molecule has 0 saturated heterocycles. The Balaban J connectivity index is 2.94. The summed E-state index contributed by atoms with van der Waals surface area (Å²) in [6, 6.07) is 0. The molecule has 0 radical (unpaired) electrons. The molecule has 0 atom stereocenters. The van der Waals surface area contributed by atoms with E-state index in [1.165, 1.54) is 6.20 Å². The second kappa shape index (κ2) is 2.39. The van der Waals surface area contributed by atoms with Gasteiger partial charge in [-0.25, -0.2) is 0 Å². The normalized spacial score (nSPS) is 9.67. The van der Waals surface area contributed by atoms with Crippen LogP contribution in [0.3, 0.4) is 0 Å². The first-order valence-corrected chi connectivity index (χ1v) is 2.64. The summed E-state index contributed by atoms with van der Waals surface area (Å²) >= 11 is 5.42. The van der Waals surface area contributed by atoms with Crippen molar-refractivity contribution in [2.75, 3.05) is 0 Å². The maximum absolute atomic E-state index is 8.49. The summed E-state index contributed by atoms with van der Waals surface area (Å²) in [5.41, 5.74) is 0.122. The highest BCUT2D eigenvalue weighted by Gasteiger charge is 2.16. The van der Waals surface area contributed by atoms with Crippen LogP contribution >= 0.6 is 11.6 Å². The molecular formula is C3H4BClN2O2. The zero-order valence-electron chi connectivity index (χ0n) is 4.37. The SMILES string of the molecule is OB(O)c1[nH]ncc1Cl. The Hall–Kier alpha value is -0.515. The van der Waals surface area contributed by atoms with Gasteiger partial charge in [0.2, 0.25) is 0 Å².